The first-order chi connectivity index (χ1) is 32.7. The zero-order chi connectivity index (χ0) is 44.1. The van der Waals surface area contributed by atoms with Gasteiger partial charge < -0.3 is 9.13 Å². The van der Waals surface area contributed by atoms with Gasteiger partial charge in [0, 0.05) is 27.1 Å². The van der Waals surface area contributed by atoms with Crippen LogP contribution in [0.4, 0.5) is 0 Å². The summed E-state index contributed by atoms with van der Waals surface area (Å²) in [4.78, 5) is 0. The van der Waals surface area contributed by atoms with E-state index >= 15 is 0 Å². The molecule has 0 saturated carbocycles. The van der Waals surface area contributed by atoms with Crippen LogP contribution in [0.15, 0.2) is 231 Å². The summed E-state index contributed by atoms with van der Waals surface area (Å²) in [6.45, 7) is 0. The Balaban J connectivity index is 1.22. The lowest BCUT2D eigenvalue weighted by Gasteiger charge is -2.22. The van der Waals surface area contributed by atoms with Crippen LogP contribution in [0.5, 0.6) is 0 Å². The largest absolute Gasteiger partial charge is 0.307 e. The van der Waals surface area contributed by atoms with Crippen LogP contribution >= 0.6 is 0 Å². The third-order valence-corrected chi connectivity index (χ3v) is 13.0. The first-order valence-corrected chi connectivity index (χ1v) is 22.1. The second-order valence-electron chi connectivity index (χ2n) is 16.7. The highest BCUT2D eigenvalue weighted by atomic mass is 15.0. The zero-order valence-corrected chi connectivity index (χ0v) is 35.7. The molecule has 0 aliphatic heterocycles. The molecule has 306 valence electrons. The summed E-state index contributed by atoms with van der Waals surface area (Å²) in [6.07, 6.45) is 0. The minimum absolute atomic E-state index is 0.408. The number of rotatable bonds is 7. The van der Waals surface area contributed by atoms with Gasteiger partial charge in [-0.1, -0.05) is 176 Å². The monoisotopic (exact) mass is 838 g/mol. The first-order valence-electron chi connectivity index (χ1n) is 22.1. The Hall–Kier alpha value is -9.22. The fourth-order valence-electron chi connectivity index (χ4n) is 9.94. The van der Waals surface area contributed by atoms with Gasteiger partial charge in [0.2, 0.25) is 0 Å². The lowest BCUT2D eigenvalue weighted by atomic mass is 9.93. The van der Waals surface area contributed by atoms with Crippen molar-refractivity contribution in [1.82, 2.24) is 9.13 Å². The van der Waals surface area contributed by atoms with Crippen molar-refractivity contribution in [3.05, 3.63) is 242 Å². The van der Waals surface area contributed by atoms with E-state index < -0.39 is 0 Å². The Morgan fingerprint density at radius 1 is 0.258 bits per heavy atom. The number of nitriles is 2. The molecule has 2 heterocycles. The summed E-state index contributed by atoms with van der Waals surface area (Å²) in [5.41, 5.74) is 16.7. The van der Waals surface area contributed by atoms with Gasteiger partial charge in [-0.2, -0.15) is 10.5 Å². The summed E-state index contributed by atoms with van der Waals surface area (Å²) >= 11 is 0. The zero-order valence-electron chi connectivity index (χ0n) is 35.7. The molecule has 0 radical (unpaired) electrons. The van der Waals surface area contributed by atoms with Gasteiger partial charge in [-0.15, -0.1) is 0 Å². The van der Waals surface area contributed by atoms with Gasteiger partial charge in [0.1, 0.15) is 12.1 Å². The predicted octanol–water partition coefficient (Wildman–Crippen LogP) is 16.0. The normalized spacial score (nSPS) is 11.3. The quantitative estimate of drug-likeness (QED) is 0.161. The number of hydrogen-bond acceptors (Lipinski definition) is 2. The average Bonchev–Trinajstić information content (AvgIpc) is 3.90. The first kappa shape index (κ1) is 38.5. The molecule has 12 aromatic rings. The molecular formula is C62H38N4. The highest BCUT2D eigenvalue weighted by Gasteiger charge is 2.28. The molecule has 66 heavy (non-hydrogen) atoms. The molecule has 0 N–H and O–H groups in total. The van der Waals surface area contributed by atoms with E-state index in [0.717, 1.165) is 111 Å². The molecule has 12 rings (SSSR count). The van der Waals surface area contributed by atoms with Crippen molar-refractivity contribution in [2.45, 2.75) is 0 Å². The lowest BCUT2D eigenvalue weighted by Crippen LogP contribution is -2.08. The molecule has 0 saturated heterocycles. The third kappa shape index (κ3) is 6.28. The number of nitrogens with zero attached hydrogens (tertiary/aromatic N) is 4. The summed E-state index contributed by atoms with van der Waals surface area (Å²) in [6, 6.07) is 85.6. The number of aromatic nitrogens is 2. The van der Waals surface area contributed by atoms with E-state index in [1.807, 2.05) is 42.5 Å². The molecule has 0 atom stereocenters. The van der Waals surface area contributed by atoms with E-state index in [1.165, 1.54) is 0 Å². The molecule has 0 aliphatic carbocycles. The Kier molecular flexibility index (Phi) is 9.23. The average molecular weight is 839 g/mol. The standard InChI is InChI=1S/C62H38N4/c63-39-50-34-51(40-64)62(66-58-32-28-48(43-20-10-3-11-21-43)37-54(58)55-38-49(29-33-59(55)66)44-22-12-4-13-23-44)60(45-24-14-5-15-25-45)61(50)65-56-30-26-46(41-16-6-1-7-17-41)35-52(56)53-36-47(27-31-57(53)65)42-18-8-2-9-19-42/h1-38H. The van der Waals surface area contributed by atoms with Gasteiger partial charge in [0.15, 0.2) is 0 Å². The number of fused-ring (bicyclic) bond motifs is 6. The van der Waals surface area contributed by atoms with Crippen LogP contribution in [0.1, 0.15) is 11.1 Å². The van der Waals surface area contributed by atoms with E-state index in [-0.39, 0.29) is 0 Å². The minimum atomic E-state index is 0.408. The Labute approximate surface area is 382 Å². The van der Waals surface area contributed by atoms with E-state index in [0.29, 0.717) is 11.1 Å². The van der Waals surface area contributed by atoms with Crippen LogP contribution in [-0.2, 0) is 0 Å². The molecule has 0 fully saturated rings. The molecule has 0 amide bonds. The summed E-state index contributed by atoms with van der Waals surface area (Å²) < 4.78 is 4.52. The van der Waals surface area contributed by atoms with Crippen molar-refractivity contribution in [3.8, 4) is 79.1 Å². The molecule has 0 unspecified atom stereocenters. The smallest absolute Gasteiger partial charge is 0.101 e. The van der Waals surface area contributed by atoms with E-state index in [4.69, 9.17) is 0 Å². The second-order valence-corrected chi connectivity index (χ2v) is 16.7. The predicted molar refractivity (Wildman–Crippen MR) is 272 cm³/mol. The van der Waals surface area contributed by atoms with E-state index in [1.54, 1.807) is 6.07 Å². The van der Waals surface area contributed by atoms with E-state index in [9.17, 15) is 10.5 Å². The van der Waals surface area contributed by atoms with Gasteiger partial charge in [-0.3, -0.25) is 0 Å². The molecule has 4 nitrogen and oxygen atoms in total. The van der Waals surface area contributed by atoms with Crippen LogP contribution in [0, 0.1) is 22.7 Å². The Morgan fingerprint density at radius 2 is 0.515 bits per heavy atom. The summed E-state index contributed by atoms with van der Waals surface area (Å²) in [5.74, 6) is 0. The number of benzene rings is 10. The second kappa shape index (κ2) is 15.8. The fraction of sp³-hybridized carbons (Fsp3) is 0. The molecule has 0 spiro atoms. The highest BCUT2D eigenvalue weighted by Crippen LogP contribution is 2.46. The molecule has 0 aliphatic rings. The van der Waals surface area contributed by atoms with Gasteiger partial charge in [-0.25, -0.2) is 0 Å². The van der Waals surface area contributed by atoms with Gasteiger partial charge in [0.25, 0.3) is 0 Å². The highest BCUT2D eigenvalue weighted by molar-refractivity contribution is 6.15. The van der Waals surface area contributed by atoms with E-state index in [2.05, 4.69) is 203 Å². The van der Waals surface area contributed by atoms with Crippen LogP contribution < -0.4 is 0 Å². The van der Waals surface area contributed by atoms with Crippen LogP contribution in [0.25, 0.3) is 111 Å². The lowest BCUT2D eigenvalue weighted by molar-refractivity contribution is 1.12. The Morgan fingerprint density at radius 3 is 0.773 bits per heavy atom. The minimum Gasteiger partial charge on any atom is -0.307 e. The molecule has 10 aromatic carbocycles. The number of hydrogen-bond donors (Lipinski definition) is 0. The van der Waals surface area contributed by atoms with Gasteiger partial charge >= 0.3 is 0 Å². The van der Waals surface area contributed by atoms with Gasteiger partial charge in [0.05, 0.1) is 44.6 Å². The SMILES string of the molecule is N#Cc1cc(C#N)c(-n2c3ccc(-c4ccccc4)cc3c3cc(-c4ccccc4)ccc32)c(-c2ccccc2)c1-n1c2ccc(-c3ccccc3)cc2c2cc(-c3ccccc3)ccc21. The third-order valence-electron chi connectivity index (χ3n) is 13.0. The fourth-order valence-corrected chi connectivity index (χ4v) is 9.94. The van der Waals surface area contributed by atoms with Crippen LogP contribution in [0.3, 0.4) is 0 Å². The molecule has 4 heteroatoms. The van der Waals surface area contributed by atoms with Crippen molar-refractivity contribution in [2.75, 3.05) is 0 Å². The van der Waals surface area contributed by atoms with Crippen molar-refractivity contribution < 1.29 is 0 Å². The maximum atomic E-state index is 11.3. The van der Waals surface area contributed by atoms with Crippen LogP contribution in [-0.4, -0.2) is 9.13 Å². The Bertz CT molecular complexity index is 3480. The van der Waals surface area contributed by atoms with Crippen LogP contribution in [0.2, 0.25) is 0 Å². The van der Waals surface area contributed by atoms with Crippen molar-refractivity contribution >= 4 is 43.6 Å². The molecule has 2 aromatic heterocycles. The van der Waals surface area contributed by atoms with Crippen molar-refractivity contribution in [2.24, 2.45) is 0 Å². The summed E-state index contributed by atoms with van der Waals surface area (Å²) in [7, 11) is 0. The topological polar surface area (TPSA) is 57.4 Å². The van der Waals surface area contributed by atoms with Gasteiger partial charge in [-0.05, 0) is 105 Å². The molecular weight excluding hydrogens is 801 g/mol. The van der Waals surface area contributed by atoms with Crippen molar-refractivity contribution in [3.63, 3.8) is 0 Å². The van der Waals surface area contributed by atoms with Crippen molar-refractivity contribution in [1.29, 1.82) is 10.5 Å². The maximum absolute atomic E-state index is 11.3. The summed E-state index contributed by atoms with van der Waals surface area (Å²) in [5, 5.41) is 26.9. The molecule has 0 bridgehead atoms. The maximum Gasteiger partial charge on any atom is 0.101 e.